The zero-order chi connectivity index (χ0) is 20.1. The van der Waals surface area contributed by atoms with Gasteiger partial charge >= 0.3 is 0 Å². The predicted octanol–water partition coefficient (Wildman–Crippen LogP) is 4.73. The third-order valence-corrected chi connectivity index (χ3v) is 5.66. The van der Waals surface area contributed by atoms with Crippen LogP contribution in [0.25, 0.3) is 11.3 Å². The highest BCUT2D eigenvalue weighted by Gasteiger charge is 2.13. The first-order valence-electron chi connectivity index (χ1n) is 9.17. The standard InChI is InChI=1S/C22H23ClN2O2S/c1-15(2)17-5-7-18(8-6-17)20-14-28-22(24-20)25(12-11-21(26)27)13-16-3-9-19(23)10-4-16/h3-10,14-15H,11-13H2,1-2H3,(H,26,27)/p-1. The molecule has 146 valence electrons. The van der Waals surface area contributed by atoms with E-state index in [0.29, 0.717) is 24.0 Å². The van der Waals surface area contributed by atoms with Crippen molar-refractivity contribution in [2.75, 3.05) is 11.4 Å². The van der Waals surface area contributed by atoms with Gasteiger partial charge in [-0.3, -0.25) is 0 Å². The molecular formula is C22H22ClN2O2S-. The van der Waals surface area contributed by atoms with Gasteiger partial charge in [-0.25, -0.2) is 4.98 Å². The predicted molar refractivity (Wildman–Crippen MR) is 114 cm³/mol. The van der Waals surface area contributed by atoms with E-state index in [2.05, 4.69) is 38.1 Å². The second-order valence-corrected chi connectivity index (χ2v) is 8.24. The molecule has 0 atom stereocenters. The Morgan fingerprint density at radius 3 is 2.43 bits per heavy atom. The van der Waals surface area contributed by atoms with Crippen LogP contribution in [0.2, 0.25) is 5.02 Å². The van der Waals surface area contributed by atoms with Gasteiger partial charge in [-0.1, -0.05) is 61.8 Å². The molecule has 0 fully saturated rings. The van der Waals surface area contributed by atoms with Crippen LogP contribution in [-0.2, 0) is 11.3 Å². The Kier molecular flexibility index (Phi) is 6.70. The molecule has 0 radical (unpaired) electrons. The summed E-state index contributed by atoms with van der Waals surface area (Å²) in [5, 5.41) is 14.4. The Hall–Kier alpha value is -2.37. The van der Waals surface area contributed by atoms with Crippen molar-refractivity contribution in [3.05, 3.63) is 70.1 Å². The van der Waals surface area contributed by atoms with Crippen molar-refractivity contribution in [2.45, 2.75) is 32.7 Å². The summed E-state index contributed by atoms with van der Waals surface area (Å²) in [6.45, 7) is 5.23. The first kappa shape index (κ1) is 20.4. The summed E-state index contributed by atoms with van der Waals surface area (Å²) in [6, 6.07) is 16.0. The van der Waals surface area contributed by atoms with Gasteiger partial charge in [-0.2, -0.15) is 0 Å². The number of nitrogens with zero attached hydrogens (tertiary/aromatic N) is 2. The number of hydrogen-bond donors (Lipinski definition) is 0. The average Bonchev–Trinajstić information content (AvgIpc) is 3.16. The third-order valence-electron chi connectivity index (χ3n) is 4.51. The average molecular weight is 414 g/mol. The number of thiazole rings is 1. The maximum atomic E-state index is 11.0. The third kappa shape index (κ3) is 5.33. The molecule has 0 N–H and O–H groups in total. The molecule has 28 heavy (non-hydrogen) atoms. The Bertz CT molecular complexity index is 920. The maximum absolute atomic E-state index is 11.0. The molecule has 0 amide bonds. The first-order chi connectivity index (χ1) is 13.4. The summed E-state index contributed by atoms with van der Waals surface area (Å²) in [4.78, 5) is 17.7. The number of carbonyl (C=O) groups is 1. The fourth-order valence-corrected chi connectivity index (χ4v) is 3.85. The highest BCUT2D eigenvalue weighted by Crippen LogP contribution is 2.29. The van der Waals surface area contributed by atoms with Gasteiger partial charge in [0.1, 0.15) is 0 Å². The molecule has 4 nitrogen and oxygen atoms in total. The van der Waals surface area contributed by atoms with Crippen molar-refractivity contribution in [3.8, 4) is 11.3 Å². The molecule has 0 aliphatic carbocycles. The van der Waals surface area contributed by atoms with E-state index in [4.69, 9.17) is 16.6 Å². The molecular weight excluding hydrogens is 392 g/mol. The molecule has 3 aromatic rings. The molecule has 1 aromatic heterocycles. The minimum atomic E-state index is -1.07. The lowest BCUT2D eigenvalue weighted by molar-refractivity contribution is -0.305. The molecule has 0 saturated carbocycles. The number of hydrogen-bond acceptors (Lipinski definition) is 5. The quantitative estimate of drug-likeness (QED) is 0.535. The monoisotopic (exact) mass is 413 g/mol. The fourth-order valence-electron chi connectivity index (χ4n) is 2.86. The number of rotatable bonds is 8. The van der Waals surface area contributed by atoms with Crippen LogP contribution >= 0.6 is 22.9 Å². The van der Waals surface area contributed by atoms with E-state index in [-0.39, 0.29) is 6.42 Å². The summed E-state index contributed by atoms with van der Waals surface area (Å²) in [6.07, 6.45) is -0.0500. The van der Waals surface area contributed by atoms with Gasteiger partial charge in [0, 0.05) is 41.4 Å². The Morgan fingerprint density at radius 1 is 1.14 bits per heavy atom. The number of benzene rings is 2. The topological polar surface area (TPSA) is 56.3 Å². The van der Waals surface area contributed by atoms with E-state index >= 15 is 0 Å². The van der Waals surface area contributed by atoms with Crippen LogP contribution in [-0.4, -0.2) is 17.5 Å². The largest absolute Gasteiger partial charge is 0.550 e. The molecule has 0 unspecified atom stereocenters. The molecule has 3 rings (SSSR count). The van der Waals surface area contributed by atoms with E-state index in [1.54, 1.807) is 0 Å². The highest BCUT2D eigenvalue weighted by atomic mass is 35.5. The zero-order valence-corrected chi connectivity index (χ0v) is 17.5. The molecule has 0 saturated heterocycles. The van der Waals surface area contributed by atoms with Crippen LogP contribution < -0.4 is 10.0 Å². The summed E-state index contributed by atoms with van der Waals surface area (Å²) in [5.41, 5.74) is 4.28. The molecule has 0 aliphatic heterocycles. The van der Waals surface area contributed by atoms with Gasteiger partial charge in [-0.15, -0.1) is 11.3 Å². The molecule has 0 spiro atoms. The highest BCUT2D eigenvalue weighted by molar-refractivity contribution is 7.14. The first-order valence-corrected chi connectivity index (χ1v) is 10.4. The Labute approximate surface area is 174 Å². The van der Waals surface area contributed by atoms with Crippen LogP contribution in [0.15, 0.2) is 53.9 Å². The minimum absolute atomic E-state index is 0.0500. The number of halogens is 1. The number of aliphatic carboxylic acids is 1. The fraction of sp³-hybridized carbons (Fsp3) is 0.273. The van der Waals surface area contributed by atoms with Crippen LogP contribution in [0.3, 0.4) is 0 Å². The second kappa shape index (κ2) is 9.22. The molecule has 0 aliphatic rings. The van der Waals surface area contributed by atoms with Gasteiger partial charge in [0.15, 0.2) is 5.13 Å². The van der Waals surface area contributed by atoms with Crippen molar-refractivity contribution < 1.29 is 9.90 Å². The van der Waals surface area contributed by atoms with E-state index in [1.807, 2.05) is 34.5 Å². The second-order valence-electron chi connectivity index (χ2n) is 6.96. The summed E-state index contributed by atoms with van der Waals surface area (Å²) in [7, 11) is 0. The number of carboxylic acid groups (broad SMARTS) is 1. The smallest absolute Gasteiger partial charge is 0.186 e. The molecule has 6 heteroatoms. The minimum Gasteiger partial charge on any atom is -0.550 e. The van der Waals surface area contributed by atoms with Crippen LogP contribution in [0.5, 0.6) is 0 Å². The van der Waals surface area contributed by atoms with Gasteiger partial charge in [-0.05, 0) is 29.2 Å². The SMILES string of the molecule is CC(C)c1ccc(-c2csc(N(CCC(=O)[O-])Cc3ccc(Cl)cc3)n2)cc1. The zero-order valence-electron chi connectivity index (χ0n) is 15.9. The van der Waals surface area contributed by atoms with Crippen LogP contribution in [0.4, 0.5) is 5.13 Å². The molecule has 2 aromatic carbocycles. The van der Waals surface area contributed by atoms with Crippen molar-refractivity contribution in [3.63, 3.8) is 0 Å². The summed E-state index contributed by atoms with van der Waals surface area (Å²) >= 11 is 7.47. The Morgan fingerprint density at radius 2 is 1.82 bits per heavy atom. The number of anilines is 1. The van der Waals surface area contributed by atoms with Crippen molar-refractivity contribution >= 4 is 34.0 Å². The molecule has 0 bridgehead atoms. The molecule has 1 heterocycles. The van der Waals surface area contributed by atoms with Crippen LogP contribution in [0, 0.1) is 0 Å². The van der Waals surface area contributed by atoms with E-state index in [0.717, 1.165) is 22.0 Å². The van der Waals surface area contributed by atoms with Gasteiger partial charge in [0.05, 0.1) is 5.69 Å². The number of carbonyl (C=O) groups excluding carboxylic acids is 1. The van der Waals surface area contributed by atoms with Gasteiger partial charge in [0.2, 0.25) is 0 Å². The van der Waals surface area contributed by atoms with Gasteiger partial charge < -0.3 is 14.8 Å². The number of aromatic nitrogens is 1. The van der Waals surface area contributed by atoms with E-state index in [9.17, 15) is 9.90 Å². The van der Waals surface area contributed by atoms with E-state index < -0.39 is 5.97 Å². The van der Waals surface area contributed by atoms with Crippen molar-refractivity contribution in [1.29, 1.82) is 0 Å². The lowest BCUT2D eigenvalue weighted by Gasteiger charge is -2.22. The maximum Gasteiger partial charge on any atom is 0.186 e. The van der Waals surface area contributed by atoms with Gasteiger partial charge in [0.25, 0.3) is 0 Å². The van der Waals surface area contributed by atoms with Crippen molar-refractivity contribution in [2.24, 2.45) is 0 Å². The van der Waals surface area contributed by atoms with Crippen LogP contribution in [0.1, 0.15) is 37.3 Å². The lowest BCUT2D eigenvalue weighted by atomic mass is 10.0. The van der Waals surface area contributed by atoms with E-state index in [1.165, 1.54) is 16.9 Å². The number of carboxylic acids is 1. The normalized spacial score (nSPS) is 11.0. The van der Waals surface area contributed by atoms with Crippen molar-refractivity contribution in [1.82, 2.24) is 4.98 Å². The summed E-state index contributed by atoms with van der Waals surface area (Å²) < 4.78 is 0. The Balaban J connectivity index is 1.81. The lowest BCUT2D eigenvalue weighted by Crippen LogP contribution is -2.31. The summed E-state index contributed by atoms with van der Waals surface area (Å²) in [5.74, 6) is -0.582.